The number of unbranched alkanes of at least 4 members (excludes halogenated alkanes) is 4. The van der Waals surface area contributed by atoms with Crippen LogP contribution in [0.3, 0.4) is 0 Å². The molecule has 0 radical (unpaired) electrons. The van der Waals surface area contributed by atoms with E-state index in [9.17, 15) is 9.59 Å². The van der Waals surface area contributed by atoms with E-state index < -0.39 is 11.6 Å². The second-order valence-corrected chi connectivity index (χ2v) is 15.0. The topological polar surface area (TPSA) is 70.1 Å². The summed E-state index contributed by atoms with van der Waals surface area (Å²) in [4.78, 5) is 30.1. The van der Waals surface area contributed by atoms with Gasteiger partial charge in [-0.15, -0.1) is 0 Å². The van der Waals surface area contributed by atoms with Crippen LogP contribution in [0.25, 0.3) is 0 Å². The molecule has 0 saturated carbocycles. The monoisotopic (exact) mass is 536 g/mol. The third-order valence-corrected chi connectivity index (χ3v) is 12.9. The first-order valence-corrected chi connectivity index (χ1v) is 15.1. The molecule has 0 aliphatic carbocycles. The standard InChI is InChI=1S/C32H60N2O4/c1-27(2)29(5,6)33(11)22-20-31(27,9)24(18-16-14-13-15-17-19-25(35)36)26(37)38-32(10)21-23-34(12)30(7,8)28(32,3)4/h24H,13-23H2,1-12H3,(H,35,36). The fourth-order valence-corrected chi connectivity index (χ4v) is 7.20. The van der Waals surface area contributed by atoms with Crippen molar-refractivity contribution in [2.45, 2.75) is 144 Å². The normalized spacial score (nSPS) is 31.5. The highest BCUT2D eigenvalue weighted by Crippen LogP contribution is 2.60. The second-order valence-electron chi connectivity index (χ2n) is 15.0. The fourth-order valence-electron chi connectivity index (χ4n) is 7.20. The summed E-state index contributed by atoms with van der Waals surface area (Å²) in [7, 11) is 4.38. The molecule has 0 aromatic carbocycles. The number of aliphatic carboxylic acids is 1. The number of carboxylic acid groups (broad SMARTS) is 1. The lowest BCUT2D eigenvalue weighted by molar-refractivity contribution is -0.219. The van der Waals surface area contributed by atoms with E-state index in [-0.39, 0.29) is 45.6 Å². The second kappa shape index (κ2) is 11.4. The largest absolute Gasteiger partial charge is 0.481 e. The van der Waals surface area contributed by atoms with Crippen molar-refractivity contribution >= 4 is 11.9 Å². The highest BCUT2D eigenvalue weighted by Gasteiger charge is 2.62. The fraction of sp³-hybridized carbons (Fsp3) is 0.938. The number of esters is 1. The predicted molar refractivity (Wildman–Crippen MR) is 156 cm³/mol. The van der Waals surface area contributed by atoms with Gasteiger partial charge in [0, 0.05) is 35.9 Å². The molecule has 0 amide bonds. The van der Waals surface area contributed by atoms with Crippen LogP contribution in [0.1, 0.15) is 127 Å². The Morgan fingerprint density at radius 1 is 0.737 bits per heavy atom. The van der Waals surface area contributed by atoms with Crippen molar-refractivity contribution in [3.8, 4) is 0 Å². The van der Waals surface area contributed by atoms with Gasteiger partial charge in [-0.1, -0.05) is 60.3 Å². The first-order chi connectivity index (χ1) is 17.2. The summed E-state index contributed by atoms with van der Waals surface area (Å²) >= 11 is 0. The lowest BCUT2D eigenvalue weighted by Gasteiger charge is -2.64. The molecule has 0 bridgehead atoms. The molecular formula is C32H60N2O4. The van der Waals surface area contributed by atoms with Crippen molar-refractivity contribution in [3.63, 3.8) is 0 Å². The van der Waals surface area contributed by atoms with E-state index in [0.717, 1.165) is 64.5 Å². The molecule has 3 unspecified atom stereocenters. The molecule has 2 rings (SSSR count). The SMILES string of the molecule is CN1CCC(C)(OC(=O)C(CCCCCCCC(=O)O)C2(C)CCN(C)C(C)(C)C2(C)C)C(C)(C)C1(C)C. The molecule has 2 fully saturated rings. The van der Waals surface area contributed by atoms with Crippen LogP contribution in [-0.4, -0.2) is 70.7 Å². The molecule has 0 spiro atoms. The Kier molecular flexibility index (Phi) is 9.91. The van der Waals surface area contributed by atoms with Crippen molar-refractivity contribution in [3.05, 3.63) is 0 Å². The number of hydrogen-bond donors (Lipinski definition) is 1. The zero-order valence-corrected chi connectivity index (χ0v) is 26.9. The lowest BCUT2D eigenvalue weighted by atomic mass is 9.49. The number of carbonyl (C=O) groups excluding carboxylic acids is 1. The first-order valence-electron chi connectivity index (χ1n) is 15.1. The summed E-state index contributed by atoms with van der Waals surface area (Å²) in [6.45, 7) is 24.7. The number of likely N-dealkylation sites (tertiary alicyclic amines) is 2. The number of nitrogens with zero attached hydrogens (tertiary/aromatic N) is 2. The average molecular weight is 537 g/mol. The Morgan fingerprint density at radius 3 is 1.76 bits per heavy atom. The minimum absolute atomic E-state index is 0.0252. The minimum Gasteiger partial charge on any atom is -0.481 e. The van der Waals surface area contributed by atoms with Gasteiger partial charge >= 0.3 is 11.9 Å². The number of carbonyl (C=O) groups is 2. The molecule has 2 aliphatic heterocycles. The molecule has 0 aromatic heterocycles. The minimum atomic E-state index is -0.721. The van der Waals surface area contributed by atoms with Gasteiger partial charge in [-0.25, -0.2) is 0 Å². The molecule has 6 heteroatoms. The Morgan fingerprint density at radius 2 is 1.21 bits per heavy atom. The molecule has 0 aromatic rings. The quantitative estimate of drug-likeness (QED) is 0.226. The number of hydrogen-bond acceptors (Lipinski definition) is 5. The van der Waals surface area contributed by atoms with Gasteiger partial charge in [0.2, 0.25) is 0 Å². The first kappa shape index (κ1) is 33.1. The summed E-state index contributed by atoms with van der Waals surface area (Å²) in [6, 6.07) is 0. The summed E-state index contributed by atoms with van der Waals surface area (Å²) < 4.78 is 6.72. The van der Waals surface area contributed by atoms with Crippen LogP contribution < -0.4 is 0 Å². The maximum absolute atomic E-state index is 14.4. The van der Waals surface area contributed by atoms with Gasteiger partial charge in [-0.2, -0.15) is 0 Å². The summed E-state index contributed by atoms with van der Waals surface area (Å²) in [6.07, 6.45) is 7.49. The van der Waals surface area contributed by atoms with Crippen LogP contribution >= 0.6 is 0 Å². The van der Waals surface area contributed by atoms with Gasteiger partial charge in [0.15, 0.2) is 0 Å². The Balaban J connectivity index is 2.32. The van der Waals surface area contributed by atoms with Crippen molar-refractivity contribution in [1.29, 1.82) is 0 Å². The number of carboxylic acids is 1. The zero-order chi connectivity index (χ0) is 29.4. The van der Waals surface area contributed by atoms with Crippen LogP contribution in [-0.2, 0) is 14.3 Å². The lowest BCUT2D eigenvalue weighted by Crippen LogP contribution is -2.69. The van der Waals surface area contributed by atoms with Gasteiger partial charge in [0.05, 0.1) is 5.92 Å². The molecule has 38 heavy (non-hydrogen) atoms. The van der Waals surface area contributed by atoms with E-state index in [4.69, 9.17) is 9.84 Å². The summed E-state index contributed by atoms with van der Waals surface area (Å²) in [5.41, 5.74) is -1.25. The van der Waals surface area contributed by atoms with E-state index in [2.05, 4.69) is 93.1 Å². The molecule has 2 heterocycles. The van der Waals surface area contributed by atoms with Crippen LogP contribution in [0.15, 0.2) is 0 Å². The zero-order valence-electron chi connectivity index (χ0n) is 26.9. The van der Waals surface area contributed by atoms with Gasteiger partial charge in [-0.3, -0.25) is 9.59 Å². The van der Waals surface area contributed by atoms with E-state index in [1.807, 2.05) is 0 Å². The average Bonchev–Trinajstić information content (AvgIpc) is 2.79. The molecule has 6 nitrogen and oxygen atoms in total. The third-order valence-electron chi connectivity index (χ3n) is 12.9. The third kappa shape index (κ3) is 5.68. The maximum Gasteiger partial charge on any atom is 0.310 e. The van der Waals surface area contributed by atoms with Crippen molar-refractivity contribution in [2.24, 2.45) is 22.2 Å². The Bertz CT molecular complexity index is 848. The summed E-state index contributed by atoms with van der Waals surface area (Å²) in [5.74, 6) is -0.927. The van der Waals surface area contributed by atoms with Crippen LogP contribution in [0.5, 0.6) is 0 Å². The van der Waals surface area contributed by atoms with Crippen LogP contribution in [0.4, 0.5) is 0 Å². The van der Waals surface area contributed by atoms with Gasteiger partial charge in [-0.05, 0) is 85.4 Å². The maximum atomic E-state index is 14.4. The molecule has 2 saturated heterocycles. The predicted octanol–water partition coefficient (Wildman–Crippen LogP) is 7.01. The highest BCUT2D eigenvalue weighted by atomic mass is 16.6. The van der Waals surface area contributed by atoms with E-state index in [1.165, 1.54) is 0 Å². The van der Waals surface area contributed by atoms with Gasteiger partial charge < -0.3 is 19.6 Å². The molecular weight excluding hydrogens is 476 g/mol. The van der Waals surface area contributed by atoms with Crippen LogP contribution in [0, 0.1) is 22.2 Å². The molecule has 3 atom stereocenters. The smallest absolute Gasteiger partial charge is 0.310 e. The molecule has 222 valence electrons. The highest BCUT2D eigenvalue weighted by molar-refractivity contribution is 5.74. The Labute approximate surface area is 234 Å². The van der Waals surface area contributed by atoms with Gasteiger partial charge in [0.25, 0.3) is 0 Å². The molecule has 1 N–H and O–H groups in total. The number of rotatable bonds is 11. The van der Waals surface area contributed by atoms with Crippen LogP contribution in [0.2, 0.25) is 0 Å². The number of ether oxygens (including phenoxy) is 1. The Hall–Kier alpha value is -1.14. The van der Waals surface area contributed by atoms with Gasteiger partial charge in [0.1, 0.15) is 5.60 Å². The van der Waals surface area contributed by atoms with Crippen molar-refractivity contribution in [1.82, 2.24) is 9.80 Å². The van der Waals surface area contributed by atoms with E-state index in [1.54, 1.807) is 0 Å². The van der Waals surface area contributed by atoms with Crippen molar-refractivity contribution in [2.75, 3.05) is 27.2 Å². The van der Waals surface area contributed by atoms with Crippen molar-refractivity contribution < 1.29 is 19.4 Å². The summed E-state index contributed by atoms with van der Waals surface area (Å²) in [5, 5.41) is 8.91. The van der Waals surface area contributed by atoms with E-state index in [0.29, 0.717) is 0 Å². The number of piperidine rings is 2. The van der Waals surface area contributed by atoms with E-state index >= 15 is 0 Å². The molecule has 2 aliphatic rings.